The molecule has 0 atom stereocenters. The molecular weight excluding hydrogens is 744 g/mol. The highest BCUT2D eigenvalue weighted by Crippen LogP contribution is 2.36. The van der Waals surface area contributed by atoms with Crippen LogP contribution in [-0.2, 0) is 6.18 Å². The average molecular weight is 776 g/mol. The Morgan fingerprint density at radius 1 is 0.390 bits per heavy atom. The Morgan fingerprint density at radius 2 is 0.831 bits per heavy atom. The van der Waals surface area contributed by atoms with E-state index in [2.05, 4.69) is 47.9 Å². The fourth-order valence-electron chi connectivity index (χ4n) is 7.50. The smallest absolute Gasteiger partial charge is 0.292 e. The molecule has 0 saturated heterocycles. The minimum atomic E-state index is -4.50. The van der Waals surface area contributed by atoms with Crippen molar-refractivity contribution in [3.63, 3.8) is 0 Å². The Morgan fingerprint density at radius 3 is 1.37 bits per heavy atom. The maximum Gasteiger partial charge on any atom is 0.416 e. The van der Waals surface area contributed by atoms with Gasteiger partial charge in [-0.3, -0.25) is 9.13 Å². The van der Waals surface area contributed by atoms with Gasteiger partial charge in [0.05, 0.1) is 27.6 Å². The van der Waals surface area contributed by atoms with Crippen LogP contribution in [0.15, 0.2) is 176 Å². The average Bonchev–Trinajstić information content (AvgIpc) is 3.86. The van der Waals surface area contributed by atoms with Gasteiger partial charge in [-0.25, -0.2) is 24.9 Å². The highest BCUT2D eigenvalue weighted by molar-refractivity contribution is 5.85. The van der Waals surface area contributed by atoms with Crippen LogP contribution in [-0.4, -0.2) is 34.1 Å². The molecular formula is C49H32F3N7. The molecule has 0 aliphatic carbocycles. The molecule has 0 unspecified atom stereocenters. The summed E-state index contributed by atoms with van der Waals surface area (Å²) in [5.74, 6) is 2.60. The van der Waals surface area contributed by atoms with Gasteiger partial charge in [0.15, 0.2) is 17.5 Å². The van der Waals surface area contributed by atoms with Crippen molar-refractivity contribution in [3.05, 3.63) is 187 Å². The second kappa shape index (κ2) is 14.3. The molecule has 7 nitrogen and oxygen atoms in total. The third-order valence-electron chi connectivity index (χ3n) is 10.2. The molecule has 10 rings (SSSR count). The van der Waals surface area contributed by atoms with E-state index in [0.717, 1.165) is 62.4 Å². The number of rotatable bonds is 7. The number of benzene rings is 7. The van der Waals surface area contributed by atoms with E-state index in [-0.39, 0.29) is 0 Å². The molecule has 3 aromatic heterocycles. The number of nitrogens with zero attached hydrogens (tertiary/aromatic N) is 7. The second-order valence-corrected chi connectivity index (χ2v) is 14.2. The van der Waals surface area contributed by atoms with Crippen LogP contribution >= 0.6 is 0 Å². The van der Waals surface area contributed by atoms with E-state index in [9.17, 15) is 13.2 Å². The van der Waals surface area contributed by atoms with Crippen LogP contribution in [0.5, 0.6) is 0 Å². The van der Waals surface area contributed by atoms with Crippen molar-refractivity contribution in [3.8, 4) is 68.3 Å². The van der Waals surface area contributed by atoms with E-state index in [1.54, 1.807) is 6.07 Å². The molecule has 0 aliphatic heterocycles. The van der Waals surface area contributed by atoms with Gasteiger partial charge in [0, 0.05) is 39.2 Å². The van der Waals surface area contributed by atoms with Gasteiger partial charge >= 0.3 is 6.18 Å². The number of imidazole rings is 2. The summed E-state index contributed by atoms with van der Waals surface area (Å²) in [7, 11) is 0. The summed E-state index contributed by atoms with van der Waals surface area (Å²) in [6, 6.07) is 54.6. The number of aromatic nitrogens is 7. The van der Waals surface area contributed by atoms with Crippen molar-refractivity contribution in [1.82, 2.24) is 34.1 Å². The van der Waals surface area contributed by atoms with Crippen LogP contribution in [0.25, 0.3) is 90.4 Å². The van der Waals surface area contributed by atoms with Gasteiger partial charge in [0.1, 0.15) is 11.6 Å². The highest BCUT2D eigenvalue weighted by atomic mass is 19.4. The summed E-state index contributed by atoms with van der Waals surface area (Å²) in [6.45, 7) is 2.07. The summed E-state index contributed by atoms with van der Waals surface area (Å²) in [4.78, 5) is 25.0. The number of aryl methyl sites for hydroxylation is 1. The topological polar surface area (TPSA) is 74.3 Å². The number of hydrogen-bond donors (Lipinski definition) is 0. The van der Waals surface area contributed by atoms with Crippen LogP contribution in [0.2, 0.25) is 0 Å². The third-order valence-corrected chi connectivity index (χ3v) is 10.2. The zero-order valence-electron chi connectivity index (χ0n) is 31.5. The van der Waals surface area contributed by atoms with Crippen LogP contribution in [0.4, 0.5) is 13.2 Å². The molecule has 0 bridgehead atoms. The van der Waals surface area contributed by atoms with Crippen LogP contribution in [0.1, 0.15) is 11.1 Å². The number of para-hydroxylation sites is 4. The lowest BCUT2D eigenvalue weighted by molar-refractivity contribution is -0.137. The first kappa shape index (κ1) is 35.7. The summed E-state index contributed by atoms with van der Waals surface area (Å²) in [6.07, 6.45) is -4.50. The first-order valence-corrected chi connectivity index (χ1v) is 19.0. The third kappa shape index (κ3) is 6.70. The monoisotopic (exact) mass is 775 g/mol. The lowest BCUT2D eigenvalue weighted by Crippen LogP contribution is -2.05. The second-order valence-electron chi connectivity index (χ2n) is 14.2. The molecule has 0 N–H and O–H groups in total. The van der Waals surface area contributed by atoms with Gasteiger partial charge in [-0.15, -0.1) is 0 Å². The maximum atomic E-state index is 13.9. The van der Waals surface area contributed by atoms with E-state index in [4.69, 9.17) is 24.9 Å². The fourth-order valence-corrected chi connectivity index (χ4v) is 7.50. The summed E-state index contributed by atoms with van der Waals surface area (Å²) < 4.78 is 45.6. The Bertz CT molecular complexity index is 3180. The summed E-state index contributed by atoms with van der Waals surface area (Å²) in [5, 5.41) is 0. The minimum Gasteiger partial charge on any atom is -0.292 e. The molecule has 10 heteroatoms. The van der Waals surface area contributed by atoms with Crippen LogP contribution in [0, 0.1) is 6.92 Å². The molecule has 3 heterocycles. The van der Waals surface area contributed by atoms with Crippen molar-refractivity contribution < 1.29 is 13.2 Å². The van der Waals surface area contributed by atoms with Gasteiger partial charge in [-0.2, -0.15) is 13.2 Å². The normalized spacial score (nSPS) is 11.7. The van der Waals surface area contributed by atoms with Gasteiger partial charge in [-0.1, -0.05) is 115 Å². The van der Waals surface area contributed by atoms with E-state index in [1.807, 2.05) is 120 Å². The van der Waals surface area contributed by atoms with Crippen LogP contribution < -0.4 is 0 Å². The number of halogens is 3. The number of alkyl halides is 3. The first-order valence-electron chi connectivity index (χ1n) is 19.0. The SMILES string of the molecule is Cc1cccc(-c2nc3ccccc3n2-c2cccc(-c3nc(-c4ccccc4)nc(-c4cccc(-n5c(-c6cccc(C(F)(F)F)c6)nc6ccccc65)c4)n3)c2)c1. The van der Waals surface area contributed by atoms with Gasteiger partial charge < -0.3 is 0 Å². The highest BCUT2D eigenvalue weighted by Gasteiger charge is 2.31. The molecule has 0 aliphatic rings. The molecule has 10 aromatic rings. The Kier molecular flexibility index (Phi) is 8.67. The molecule has 0 saturated carbocycles. The largest absolute Gasteiger partial charge is 0.416 e. The zero-order valence-corrected chi connectivity index (χ0v) is 31.5. The van der Waals surface area contributed by atoms with Crippen LogP contribution in [0.3, 0.4) is 0 Å². The fraction of sp³-hybridized carbons (Fsp3) is 0.0408. The quantitative estimate of drug-likeness (QED) is 0.161. The molecule has 0 radical (unpaired) electrons. The molecule has 0 fully saturated rings. The Balaban J connectivity index is 1.13. The molecule has 0 spiro atoms. The van der Waals surface area contributed by atoms with Crippen molar-refractivity contribution in [2.75, 3.05) is 0 Å². The van der Waals surface area contributed by atoms with Crippen molar-refractivity contribution in [2.45, 2.75) is 13.1 Å². The van der Waals surface area contributed by atoms with E-state index < -0.39 is 11.7 Å². The molecule has 0 amide bonds. The molecule has 59 heavy (non-hydrogen) atoms. The van der Waals surface area contributed by atoms with E-state index >= 15 is 0 Å². The van der Waals surface area contributed by atoms with Gasteiger partial charge in [-0.05, 0) is 73.7 Å². The lowest BCUT2D eigenvalue weighted by Gasteiger charge is -2.14. The van der Waals surface area contributed by atoms with Gasteiger partial charge in [0.2, 0.25) is 0 Å². The number of fused-ring (bicyclic) bond motifs is 2. The summed E-state index contributed by atoms with van der Waals surface area (Å²) in [5.41, 5.74) is 8.84. The minimum absolute atomic E-state index is 0.339. The predicted molar refractivity (Wildman–Crippen MR) is 226 cm³/mol. The molecule has 7 aromatic carbocycles. The number of hydrogen-bond acceptors (Lipinski definition) is 5. The summed E-state index contributed by atoms with van der Waals surface area (Å²) >= 11 is 0. The van der Waals surface area contributed by atoms with E-state index in [0.29, 0.717) is 45.6 Å². The van der Waals surface area contributed by atoms with Crippen molar-refractivity contribution >= 4 is 22.1 Å². The van der Waals surface area contributed by atoms with Crippen molar-refractivity contribution in [1.29, 1.82) is 0 Å². The standard InChI is InChI=1S/C49H32F3N7/c1-31-13-9-18-35(27-31)47-53-40-23-5-7-25-42(40)58(47)38-21-11-16-33(29-38)45-55-44(32-14-3-2-4-15-32)56-46(57-45)34-17-12-22-39(30-34)59-43-26-8-6-24-41(43)54-48(59)36-19-10-20-37(28-36)49(50,51)52/h2-30H,1H3. The Labute approximate surface area is 336 Å². The zero-order chi connectivity index (χ0) is 40.1. The van der Waals surface area contributed by atoms with E-state index in [1.165, 1.54) is 6.07 Å². The predicted octanol–water partition coefficient (Wildman–Crippen LogP) is 12.2. The first-order chi connectivity index (χ1) is 28.8. The Hall–Kier alpha value is -7.72. The molecule has 284 valence electrons. The van der Waals surface area contributed by atoms with Gasteiger partial charge in [0.25, 0.3) is 0 Å². The lowest BCUT2D eigenvalue weighted by atomic mass is 10.1. The van der Waals surface area contributed by atoms with Crippen molar-refractivity contribution in [2.24, 2.45) is 0 Å². The maximum absolute atomic E-state index is 13.9.